The largest absolute Gasteiger partial charge is 0.359 e. The number of halogens is 2. The first-order valence-electron chi connectivity index (χ1n) is 8.51. The topological polar surface area (TPSA) is 81.8 Å². The number of nitrogens with zero attached hydrogens (tertiary/aromatic N) is 2. The maximum atomic E-state index is 13.3. The number of carbonyl (C=O) groups excluding carboxylic acids is 3. The summed E-state index contributed by atoms with van der Waals surface area (Å²) in [5.41, 5.74) is 3.29. The van der Waals surface area contributed by atoms with E-state index < -0.39 is 29.6 Å². The van der Waals surface area contributed by atoms with E-state index in [0.29, 0.717) is 11.3 Å². The maximum Gasteiger partial charge on any atom is 0.269 e. The molecule has 3 rings (SSSR count). The number of amides is 3. The SMILES string of the molecule is CNC(=O)C[C@H]1C(=O)N(c2ccc(F)cc2)C(=S)N1NC(=O)c1ccc(Br)cc1. The smallest absolute Gasteiger partial charge is 0.269 e. The second-order valence-electron chi connectivity index (χ2n) is 6.14. The number of nitrogens with one attached hydrogen (secondary N) is 2. The summed E-state index contributed by atoms with van der Waals surface area (Å²) in [6.07, 6.45) is -0.214. The first-order valence-corrected chi connectivity index (χ1v) is 9.72. The van der Waals surface area contributed by atoms with Crippen LogP contribution in [0.5, 0.6) is 0 Å². The van der Waals surface area contributed by atoms with Crippen molar-refractivity contribution in [1.29, 1.82) is 0 Å². The zero-order chi connectivity index (χ0) is 21.1. The molecule has 2 N–H and O–H groups in total. The molecular formula is C19H16BrFN4O3S. The van der Waals surface area contributed by atoms with Gasteiger partial charge in [-0.1, -0.05) is 15.9 Å². The van der Waals surface area contributed by atoms with E-state index in [0.717, 1.165) is 4.47 Å². The molecule has 0 radical (unpaired) electrons. The third kappa shape index (κ3) is 4.43. The van der Waals surface area contributed by atoms with E-state index in [1.54, 1.807) is 24.3 Å². The van der Waals surface area contributed by atoms with Gasteiger partial charge in [0.15, 0.2) is 0 Å². The van der Waals surface area contributed by atoms with Crippen molar-refractivity contribution in [3.8, 4) is 0 Å². The molecule has 2 aromatic carbocycles. The average molecular weight is 479 g/mol. The van der Waals surface area contributed by atoms with Crippen LogP contribution in [-0.2, 0) is 9.59 Å². The zero-order valence-electron chi connectivity index (χ0n) is 15.2. The summed E-state index contributed by atoms with van der Waals surface area (Å²) in [5, 5.41) is 3.64. The summed E-state index contributed by atoms with van der Waals surface area (Å²) in [7, 11) is 1.45. The van der Waals surface area contributed by atoms with Gasteiger partial charge in [-0.2, -0.15) is 0 Å². The van der Waals surface area contributed by atoms with Crippen LogP contribution in [0, 0.1) is 5.82 Å². The fraction of sp³-hybridized carbons (Fsp3) is 0.158. The average Bonchev–Trinajstić information content (AvgIpc) is 2.93. The number of hydrazine groups is 1. The Bertz CT molecular complexity index is 968. The standard InChI is InChI=1S/C19H16BrFN4O3S/c1-22-16(26)10-15-18(28)24(14-8-6-13(21)7-9-14)19(29)25(15)23-17(27)11-2-4-12(20)5-3-11/h2-9,15H,10H2,1H3,(H,22,26)(H,23,27)/t15-/m0/s1. The molecule has 1 heterocycles. The highest BCUT2D eigenvalue weighted by Crippen LogP contribution is 2.26. The summed E-state index contributed by atoms with van der Waals surface area (Å²) in [5.74, 6) is -1.85. The first-order chi connectivity index (χ1) is 13.8. The highest BCUT2D eigenvalue weighted by Gasteiger charge is 2.45. The third-order valence-corrected chi connectivity index (χ3v) is 5.19. The van der Waals surface area contributed by atoms with Gasteiger partial charge in [-0.3, -0.25) is 24.7 Å². The van der Waals surface area contributed by atoms with Crippen LogP contribution in [0.15, 0.2) is 53.0 Å². The predicted octanol–water partition coefficient (Wildman–Crippen LogP) is 2.37. The number of thiocarbonyl (C=S) groups is 1. The van der Waals surface area contributed by atoms with Crippen molar-refractivity contribution in [2.75, 3.05) is 11.9 Å². The van der Waals surface area contributed by atoms with Gasteiger partial charge in [-0.05, 0) is 60.7 Å². The Hall–Kier alpha value is -2.85. The highest BCUT2D eigenvalue weighted by atomic mass is 79.9. The highest BCUT2D eigenvalue weighted by molar-refractivity contribution is 9.10. The quantitative estimate of drug-likeness (QED) is 0.644. The van der Waals surface area contributed by atoms with Crippen molar-refractivity contribution in [1.82, 2.24) is 15.8 Å². The van der Waals surface area contributed by atoms with E-state index in [1.165, 1.54) is 41.2 Å². The molecule has 1 atom stereocenters. The van der Waals surface area contributed by atoms with Crippen molar-refractivity contribution < 1.29 is 18.8 Å². The molecule has 10 heteroatoms. The zero-order valence-corrected chi connectivity index (χ0v) is 17.6. The fourth-order valence-electron chi connectivity index (χ4n) is 2.78. The monoisotopic (exact) mass is 478 g/mol. The molecule has 1 aliphatic rings. The first kappa shape index (κ1) is 20.9. The van der Waals surface area contributed by atoms with Crippen molar-refractivity contribution in [3.05, 3.63) is 64.4 Å². The molecule has 7 nitrogen and oxygen atoms in total. The van der Waals surface area contributed by atoms with Crippen LogP contribution >= 0.6 is 28.1 Å². The molecule has 3 amide bonds. The minimum atomic E-state index is -1.04. The molecule has 0 unspecified atom stereocenters. The van der Waals surface area contributed by atoms with Crippen molar-refractivity contribution >= 4 is 56.7 Å². The second kappa shape index (κ2) is 8.66. The molecule has 0 saturated carbocycles. The van der Waals surface area contributed by atoms with Gasteiger partial charge in [-0.15, -0.1) is 0 Å². The van der Waals surface area contributed by atoms with Gasteiger partial charge in [0, 0.05) is 17.1 Å². The molecule has 0 aromatic heterocycles. The van der Waals surface area contributed by atoms with Gasteiger partial charge in [-0.25, -0.2) is 9.40 Å². The Morgan fingerprint density at radius 3 is 2.34 bits per heavy atom. The van der Waals surface area contributed by atoms with Gasteiger partial charge in [0.05, 0.1) is 12.1 Å². The van der Waals surface area contributed by atoms with E-state index in [4.69, 9.17) is 12.2 Å². The lowest BCUT2D eigenvalue weighted by Gasteiger charge is -2.24. The lowest BCUT2D eigenvalue weighted by molar-refractivity contribution is -0.127. The Kier molecular flexibility index (Phi) is 6.23. The van der Waals surface area contributed by atoms with Crippen LogP contribution in [0.4, 0.5) is 10.1 Å². The van der Waals surface area contributed by atoms with Crippen molar-refractivity contribution in [3.63, 3.8) is 0 Å². The van der Waals surface area contributed by atoms with Crippen LogP contribution < -0.4 is 15.6 Å². The van der Waals surface area contributed by atoms with Gasteiger partial charge < -0.3 is 5.32 Å². The number of benzene rings is 2. The van der Waals surface area contributed by atoms with Crippen LogP contribution in [0.3, 0.4) is 0 Å². The molecule has 1 saturated heterocycles. The molecular weight excluding hydrogens is 463 g/mol. The summed E-state index contributed by atoms with van der Waals surface area (Å²) in [6, 6.07) is 10.8. The van der Waals surface area contributed by atoms with Crippen LogP contribution in [0.2, 0.25) is 0 Å². The van der Waals surface area contributed by atoms with Crippen molar-refractivity contribution in [2.24, 2.45) is 0 Å². The molecule has 0 spiro atoms. The summed E-state index contributed by atoms with van der Waals surface area (Å²) >= 11 is 8.69. The second-order valence-corrected chi connectivity index (χ2v) is 7.42. The van der Waals surface area contributed by atoms with Crippen LogP contribution in [0.1, 0.15) is 16.8 Å². The van der Waals surface area contributed by atoms with Gasteiger partial charge in [0.1, 0.15) is 11.9 Å². The third-order valence-electron chi connectivity index (χ3n) is 4.29. The van der Waals surface area contributed by atoms with E-state index in [-0.39, 0.29) is 11.5 Å². The molecule has 150 valence electrons. The number of hydrogen-bond donors (Lipinski definition) is 2. The minimum Gasteiger partial charge on any atom is -0.359 e. The molecule has 29 heavy (non-hydrogen) atoms. The number of rotatable bonds is 5. The van der Waals surface area contributed by atoms with Gasteiger partial charge in [0.25, 0.3) is 11.8 Å². The molecule has 0 aliphatic carbocycles. The Balaban J connectivity index is 1.90. The Morgan fingerprint density at radius 1 is 1.14 bits per heavy atom. The molecule has 1 aliphatic heterocycles. The lowest BCUT2D eigenvalue weighted by atomic mass is 10.2. The van der Waals surface area contributed by atoms with Crippen molar-refractivity contribution in [2.45, 2.75) is 12.5 Å². The number of carbonyl (C=O) groups is 3. The van der Waals surface area contributed by atoms with E-state index in [1.807, 2.05) is 0 Å². The number of hydrogen-bond acceptors (Lipinski definition) is 4. The van der Waals surface area contributed by atoms with E-state index in [2.05, 4.69) is 26.7 Å². The Morgan fingerprint density at radius 2 is 1.76 bits per heavy atom. The summed E-state index contributed by atoms with van der Waals surface area (Å²) in [4.78, 5) is 38.7. The maximum absolute atomic E-state index is 13.3. The molecule has 1 fully saturated rings. The normalized spacial score (nSPS) is 16.2. The van der Waals surface area contributed by atoms with Crippen LogP contribution in [-0.4, -0.2) is 40.9 Å². The van der Waals surface area contributed by atoms with Gasteiger partial charge >= 0.3 is 0 Å². The lowest BCUT2D eigenvalue weighted by Crippen LogP contribution is -2.50. The Labute approximate surface area is 180 Å². The predicted molar refractivity (Wildman–Crippen MR) is 112 cm³/mol. The number of anilines is 1. The van der Waals surface area contributed by atoms with E-state index >= 15 is 0 Å². The van der Waals surface area contributed by atoms with Gasteiger partial charge in [0.2, 0.25) is 11.0 Å². The summed E-state index contributed by atoms with van der Waals surface area (Å²) < 4.78 is 14.1. The molecule has 2 aromatic rings. The molecule has 0 bridgehead atoms. The van der Waals surface area contributed by atoms with Crippen LogP contribution in [0.25, 0.3) is 0 Å². The summed E-state index contributed by atoms with van der Waals surface area (Å²) in [6.45, 7) is 0. The van der Waals surface area contributed by atoms with E-state index in [9.17, 15) is 18.8 Å². The minimum absolute atomic E-state index is 0.0130. The fourth-order valence-corrected chi connectivity index (χ4v) is 3.41.